The van der Waals surface area contributed by atoms with E-state index in [4.69, 9.17) is 30.8 Å². The zero-order chi connectivity index (χ0) is 26.7. The van der Waals surface area contributed by atoms with Crippen LogP contribution in [0, 0.1) is 0 Å². The topological polar surface area (TPSA) is 95.2 Å². The minimum Gasteiger partial charge on any atom is -0.493 e. The van der Waals surface area contributed by atoms with E-state index >= 15 is 0 Å². The van der Waals surface area contributed by atoms with Crippen molar-refractivity contribution in [2.75, 3.05) is 40.0 Å². The van der Waals surface area contributed by atoms with E-state index < -0.39 is 5.41 Å². The number of aromatic nitrogens is 2. The van der Waals surface area contributed by atoms with Crippen molar-refractivity contribution < 1.29 is 19.0 Å². The fraction of sp³-hybridized carbons (Fsp3) is 0.385. The van der Waals surface area contributed by atoms with Gasteiger partial charge in [-0.25, -0.2) is 4.98 Å². The predicted octanol–water partition coefficient (Wildman–Crippen LogP) is 4.24. The molecule has 2 aromatic carbocycles. The molecule has 4 rings (SSSR count). The number of rotatable bonds is 6. The summed E-state index contributed by atoms with van der Waals surface area (Å²) >= 11 is 9.91. The Morgan fingerprint density at radius 3 is 2.65 bits per heavy atom. The molecule has 0 bridgehead atoms. The van der Waals surface area contributed by atoms with E-state index in [0.29, 0.717) is 54.3 Å². The summed E-state index contributed by atoms with van der Waals surface area (Å²) in [6.07, 6.45) is 1.51. The number of methoxy groups -OCH3 is 1. The highest BCUT2D eigenvalue weighted by Crippen LogP contribution is 2.36. The zero-order valence-corrected chi connectivity index (χ0v) is 23.4. The number of hydrogen-bond donors (Lipinski definition) is 0. The fourth-order valence-electron chi connectivity index (χ4n) is 3.86. The molecule has 37 heavy (non-hydrogen) atoms. The summed E-state index contributed by atoms with van der Waals surface area (Å²) in [5, 5.41) is 5.18. The molecular formula is C26H28BrClN4O5. The Morgan fingerprint density at radius 2 is 1.97 bits per heavy atom. The van der Waals surface area contributed by atoms with Crippen LogP contribution in [0.5, 0.6) is 11.5 Å². The van der Waals surface area contributed by atoms with Crippen molar-refractivity contribution in [1.29, 1.82) is 0 Å². The number of fused-ring (bicyclic) bond motifs is 1. The number of benzene rings is 2. The van der Waals surface area contributed by atoms with Crippen molar-refractivity contribution in [3.8, 4) is 11.5 Å². The molecule has 1 fully saturated rings. The van der Waals surface area contributed by atoms with Gasteiger partial charge in [-0.1, -0.05) is 48.3 Å². The van der Waals surface area contributed by atoms with Gasteiger partial charge in [0.2, 0.25) is 0 Å². The first-order valence-electron chi connectivity index (χ1n) is 11.7. The van der Waals surface area contributed by atoms with Gasteiger partial charge in [-0.2, -0.15) is 9.78 Å². The van der Waals surface area contributed by atoms with Gasteiger partial charge in [0, 0.05) is 23.0 Å². The van der Waals surface area contributed by atoms with Crippen molar-refractivity contribution in [2.45, 2.75) is 26.2 Å². The molecule has 11 heteroatoms. The maximum atomic E-state index is 13.4. The second-order valence-corrected chi connectivity index (χ2v) is 10.8. The van der Waals surface area contributed by atoms with Gasteiger partial charge in [0.05, 0.1) is 42.5 Å². The van der Waals surface area contributed by atoms with Crippen LogP contribution in [0.4, 0.5) is 0 Å². The predicted molar refractivity (Wildman–Crippen MR) is 146 cm³/mol. The van der Waals surface area contributed by atoms with Crippen LogP contribution < -0.4 is 15.0 Å². The Bertz CT molecular complexity index is 1410. The molecule has 0 unspecified atom stereocenters. The van der Waals surface area contributed by atoms with Gasteiger partial charge < -0.3 is 19.1 Å². The molecule has 2 heterocycles. The Labute approximate surface area is 228 Å². The van der Waals surface area contributed by atoms with Gasteiger partial charge in [0.1, 0.15) is 5.82 Å². The van der Waals surface area contributed by atoms with Gasteiger partial charge in [-0.15, -0.1) is 0 Å². The lowest BCUT2D eigenvalue weighted by Gasteiger charge is -2.26. The average molecular weight is 592 g/mol. The number of morpholine rings is 1. The third-order valence-electron chi connectivity index (χ3n) is 5.76. The number of hydrogen-bond acceptors (Lipinski definition) is 7. The molecule has 1 amide bonds. The van der Waals surface area contributed by atoms with E-state index in [0.717, 1.165) is 4.47 Å². The Morgan fingerprint density at radius 1 is 1.24 bits per heavy atom. The molecule has 0 radical (unpaired) electrons. The van der Waals surface area contributed by atoms with Crippen LogP contribution in [0.2, 0.25) is 5.02 Å². The summed E-state index contributed by atoms with van der Waals surface area (Å²) in [7, 11) is 1.48. The van der Waals surface area contributed by atoms with Gasteiger partial charge in [0.15, 0.2) is 18.1 Å². The minimum absolute atomic E-state index is 0.156. The monoisotopic (exact) mass is 590 g/mol. The van der Waals surface area contributed by atoms with Crippen LogP contribution in [0.15, 0.2) is 44.7 Å². The van der Waals surface area contributed by atoms with Gasteiger partial charge >= 0.3 is 0 Å². The molecule has 1 saturated heterocycles. The maximum absolute atomic E-state index is 13.4. The normalized spacial score (nSPS) is 14.4. The van der Waals surface area contributed by atoms with Crippen LogP contribution in [-0.2, 0) is 14.9 Å². The highest BCUT2D eigenvalue weighted by atomic mass is 79.9. The third-order valence-corrected chi connectivity index (χ3v) is 6.53. The second kappa shape index (κ2) is 11.2. The minimum atomic E-state index is -0.447. The highest BCUT2D eigenvalue weighted by molar-refractivity contribution is 9.10. The van der Waals surface area contributed by atoms with E-state index in [-0.39, 0.29) is 28.8 Å². The quantitative estimate of drug-likeness (QED) is 0.398. The van der Waals surface area contributed by atoms with Gasteiger partial charge in [-0.05, 0) is 35.9 Å². The van der Waals surface area contributed by atoms with Crippen molar-refractivity contribution in [3.05, 3.63) is 61.6 Å². The van der Waals surface area contributed by atoms with E-state index in [1.165, 1.54) is 18.0 Å². The lowest BCUT2D eigenvalue weighted by atomic mass is 9.95. The molecule has 3 aromatic rings. The number of amides is 1. The van der Waals surface area contributed by atoms with E-state index in [1.807, 2.05) is 26.8 Å². The molecule has 0 N–H and O–H groups in total. The Hall–Kier alpha value is -2.95. The zero-order valence-electron chi connectivity index (χ0n) is 21.1. The van der Waals surface area contributed by atoms with E-state index in [1.54, 1.807) is 29.2 Å². The van der Waals surface area contributed by atoms with E-state index in [9.17, 15) is 9.59 Å². The molecule has 0 aliphatic carbocycles. The lowest BCUT2D eigenvalue weighted by Crippen LogP contribution is -2.43. The van der Waals surface area contributed by atoms with Crippen LogP contribution in [0.25, 0.3) is 10.9 Å². The Balaban J connectivity index is 1.65. The number of carbonyl (C=O) groups is 1. The number of halogens is 2. The SMILES string of the molecule is COc1cc(C=Nn2c(C(C)(C)C)nc3ccc(Br)cc3c2=O)cc(Cl)c1OCC(=O)N1CCOCC1. The standard InChI is InChI=1S/C26H28BrClN4O5/c1-26(2,3)25-30-20-6-5-17(27)13-18(20)24(34)32(25)29-14-16-11-19(28)23(21(12-16)35-4)37-15-22(33)31-7-9-36-10-8-31/h5-6,11-14H,7-10,15H2,1-4H3. The summed E-state index contributed by atoms with van der Waals surface area (Å²) in [5.41, 5.74) is 0.446. The van der Waals surface area contributed by atoms with Gasteiger partial charge in [0.25, 0.3) is 11.5 Å². The van der Waals surface area contributed by atoms with E-state index in [2.05, 4.69) is 21.0 Å². The number of carbonyl (C=O) groups excluding carboxylic acids is 1. The largest absolute Gasteiger partial charge is 0.493 e. The highest BCUT2D eigenvalue weighted by Gasteiger charge is 2.23. The smallest absolute Gasteiger partial charge is 0.282 e. The molecule has 1 aliphatic heterocycles. The fourth-order valence-corrected chi connectivity index (χ4v) is 4.49. The molecule has 9 nitrogen and oxygen atoms in total. The van der Waals surface area contributed by atoms with Gasteiger partial charge in [-0.3, -0.25) is 9.59 Å². The number of ether oxygens (including phenoxy) is 3. The summed E-state index contributed by atoms with van der Waals surface area (Å²) in [5.74, 6) is 0.958. The molecular weight excluding hydrogens is 564 g/mol. The van der Waals surface area contributed by atoms with Crippen LogP contribution in [-0.4, -0.2) is 66.7 Å². The molecule has 0 atom stereocenters. The summed E-state index contributed by atoms with van der Waals surface area (Å²) < 4.78 is 18.6. The van der Waals surface area contributed by atoms with Crippen molar-refractivity contribution in [3.63, 3.8) is 0 Å². The van der Waals surface area contributed by atoms with Crippen molar-refractivity contribution in [2.24, 2.45) is 5.10 Å². The molecule has 1 aliphatic rings. The summed E-state index contributed by atoms with van der Waals surface area (Å²) in [6, 6.07) is 8.69. The third kappa shape index (κ3) is 6.14. The lowest BCUT2D eigenvalue weighted by molar-refractivity contribution is -0.137. The van der Waals surface area contributed by atoms with Crippen molar-refractivity contribution in [1.82, 2.24) is 14.6 Å². The van der Waals surface area contributed by atoms with Crippen LogP contribution in [0.3, 0.4) is 0 Å². The molecule has 0 saturated carbocycles. The molecule has 0 spiro atoms. The first kappa shape index (κ1) is 27.1. The average Bonchev–Trinajstić information content (AvgIpc) is 2.87. The van der Waals surface area contributed by atoms with Crippen LogP contribution in [0.1, 0.15) is 32.2 Å². The summed E-state index contributed by atoms with van der Waals surface area (Å²) in [6.45, 7) is 7.80. The first-order chi connectivity index (χ1) is 17.6. The Kier molecular flexibility index (Phi) is 8.20. The molecule has 196 valence electrons. The van der Waals surface area contributed by atoms with Crippen LogP contribution >= 0.6 is 27.5 Å². The number of nitrogens with zero attached hydrogens (tertiary/aromatic N) is 4. The summed E-state index contributed by atoms with van der Waals surface area (Å²) in [4.78, 5) is 32.2. The molecule has 1 aromatic heterocycles. The second-order valence-electron chi connectivity index (χ2n) is 9.52. The first-order valence-corrected chi connectivity index (χ1v) is 12.9. The van der Waals surface area contributed by atoms with Crippen molar-refractivity contribution >= 4 is 50.6 Å². The maximum Gasteiger partial charge on any atom is 0.282 e.